The van der Waals surface area contributed by atoms with E-state index in [1.807, 2.05) is 24.4 Å². The van der Waals surface area contributed by atoms with Crippen LogP contribution in [-0.4, -0.2) is 43.2 Å². The predicted octanol–water partition coefficient (Wildman–Crippen LogP) is 4.00. The van der Waals surface area contributed by atoms with Crippen LogP contribution in [0.3, 0.4) is 0 Å². The molecule has 5 aromatic rings. The molecule has 6 heterocycles. The lowest BCUT2D eigenvalue weighted by Gasteiger charge is -2.13. The normalized spacial score (nSPS) is 14.6. The highest BCUT2D eigenvalue weighted by atomic mass is 32.1. The van der Waals surface area contributed by atoms with Gasteiger partial charge in [0.05, 0.1) is 11.2 Å². The van der Waals surface area contributed by atoms with Gasteiger partial charge in [0.15, 0.2) is 17.2 Å². The number of rotatable bonds is 3. The molecule has 142 valence electrons. The van der Waals surface area contributed by atoms with E-state index in [4.69, 9.17) is 9.97 Å². The second kappa shape index (κ2) is 6.61. The number of H-pyrrole nitrogens is 2. The van der Waals surface area contributed by atoms with Gasteiger partial charge in [-0.1, -0.05) is 12.1 Å². The molecule has 0 saturated heterocycles. The van der Waals surface area contributed by atoms with E-state index >= 15 is 0 Å². The molecule has 0 spiro atoms. The number of imidazole rings is 1. The first-order valence-corrected chi connectivity index (χ1v) is 10.4. The maximum absolute atomic E-state index is 4.91. The molecule has 7 nitrogen and oxygen atoms in total. The highest BCUT2D eigenvalue weighted by Gasteiger charge is 2.18. The first-order valence-electron chi connectivity index (χ1n) is 9.51. The SMILES string of the molecule is C1=C(c2ccc3[nH]nc(-c4nc5c(-c6cccs6)ccnc5[nH]4)c3n2)CCNC1. The predicted molar refractivity (Wildman–Crippen MR) is 116 cm³/mol. The molecule has 0 unspecified atom stereocenters. The van der Waals surface area contributed by atoms with Gasteiger partial charge < -0.3 is 10.3 Å². The van der Waals surface area contributed by atoms with Crippen LogP contribution in [0.15, 0.2) is 48.0 Å². The van der Waals surface area contributed by atoms with E-state index in [0.717, 1.165) is 53.0 Å². The van der Waals surface area contributed by atoms with Crippen molar-refractivity contribution in [1.29, 1.82) is 0 Å². The molecule has 0 fully saturated rings. The Balaban J connectivity index is 1.50. The molecular weight excluding hydrogens is 382 g/mol. The average molecular weight is 399 g/mol. The topological polar surface area (TPSA) is 95.2 Å². The van der Waals surface area contributed by atoms with Gasteiger partial charge in [0, 0.05) is 23.2 Å². The molecule has 0 aliphatic carbocycles. The second-order valence-electron chi connectivity index (χ2n) is 6.97. The summed E-state index contributed by atoms with van der Waals surface area (Å²) in [7, 11) is 0. The number of nitrogens with zero attached hydrogens (tertiary/aromatic N) is 4. The minimum absolute atomic E-state index is 0.673. The lowest BCUT2D eigenvalue weighted by Crippen LogP contribution is -2.20. The summed E-state index contributed by atoms with van der Waals surface area (Å²) in [6, 6.07) is 10.2. The molecule has 6 rings (SSSR count). The second-order valence-corrected chi connectivity index (χ2v) is 7.91. The molecule has 1 aliphatic rings. The minimum Gasteiger partial charge on any atom is -0.321 e. The van der Waals surface area contributed by atoms with Crippen LogP contribution in [0.25, 0.3) is 49.7 Å². The number of thiophene rings is 1. The largest absolute Gasteiger partial charge is 0.321 e. The number of hydrogen-bond acceptors (Lipinski definition) is 6. The Kier molecular flexibility index (Phi) is 3.78. The summed E-state index contributed by atoms with van der Waals surface area (Å²) in [6.07, 6.45) is 4.99. The highest BCUT2D eigenvalue weighted by Crippen LogP contribution is 2.32. The molecule has 1 aliphatic heterocycles. The molecule has 8 heteroatoms. The van der Waals surface area contributed by atoms with Crippen LogP contribution >= 0.6 is 11.3 Å². The van der Waals surface area contributed by atoms with Crippen molar-refractivity contribution in [1.82, 2.24) is 35.5 Å². The summed E-state index contributed by atoms with van der Waals surface area (Å²) in [6.45, 7) is 1.86. The van der Waals surface area contributed by atoms with Gasteiger partial charge in [-0.2, -0.15) is 5.10 Å². The maximum atomic E-state index is 4.91. The standard InChI is InChI=1S/C21H17N7S/c1-2-16(29-11-1)13-7-10-23-20-17(13)25-21(26-20)19-18-15(27-28-19)4-3-14(24-18)12-5-8-22-9-6-12/h1-5,7,10-11,22H,6,8-9H2,(H,27,28)(H,23,25,26). The van der Waals surface area contributed by atoms with Crippen molar-refractivity contribution in [2.75, 3.05) is 13.1 Å². The zero-order chi connectivity index (χ0) is 19.2. The number of nitrogens with one attached hydrogen (secondary N) is 3. The van der Waals surface area contributed by atoms with E-state index in [0.29, 0.717) is 11.5 Å². The summed E-state index contributed by atoms with van der Waals surface area (Å²) >= 11 is 1.69. The van der Waals surface area contributed by atoms with E-state index in [1.165, 1.54) is 10.5 Å². The maximum Gasteiger partial charge on any atom is 0.162 e. The first kappa shape index (κ1) is 16.6. The van der Waals surface area contributed by atoms with Crippen LogP contribution < -0.4 is 5.32 Å². The molecule has 0 atom stereocenters. The van der Waals surface area contributed by atoms with Crippen LogP contribution in [0.4, 0.5) is 0 Å². The third-order valence-corrected chi connectivity index (χ3v) is 6.10. The lowest BCUT2D eigenvalue weighted by molar-refractivity contribution is 0.737. The fraction of sp³-hybridized carbons (Fsp3) is 0.143. The Morgan fingerprint density at radius 1 is 1.03 bits per heavy atom. The van der Waals surface area contributed by atoms with Crippen molar-refractivity contribution in [3.8, 4) is 22.0 Å². The summed E-state index contributed by atoms with van der Waals surface area (Å²) in [4.78, 5) is 18.7. The number of pyridine rings is 2. The number of aromatic nitrogens is 6. The third-order valence-electron chi connectivity index (χ3n) is 5.20. The van der Waals surface area contributed by atoms with E-state index < -0.39 is 0 Å². The van der Waals surface area contributed by atoms with Gasteiger partial charge in [0.2, 0.25) is 0 Å². The Morgan fingerprint density at radius 3 is 2.90 bits per heavy atom. The van der Waals surface area contributed by atoms with Crippen molar-refractivity contribution in [2.24, 2.45) is 0 Å². The van der Waals surface area contributed by atoms with Gasteiger partial charge in [0.25, 0.3) is 0 Å². The Hall–Kier alpha value is -3.36. The molecule has 5 aromatic heterocycles. The van der Waals surface area contributed by atoms with Crippen molar-refractivity contribution in [2.45, 2.75) is 6.42 Å². The number of fused-ring (bicyclic) bond motifs is 2. The highest BCUT2D eigenvalue weighted by molar-refractivity contribution is 7.13. The van der Waals surface area contributed by atoms with Crippen molar-refractivity contribution in [3.05, 3.63) is 53.7 Å². The van der Waals surface area contributed by atoms with E-state index in [-0.39, 0.29) is 0 Å². The Morgan fingerprint density at radius 2 is 2.03 bits per heavy atom. The zero-order valence-corrected chi connectivity index (χ0v) is 16.3. The van der Waals surface area contributed by atoms with E-state index in [1.54, 1.807) is 11.3 Å². The van der Waals surface area contributed by atoms with Crippen molar-refractivity contribution >= 4 is 39.1 Å². The molecule has 0 bridgehead atoms. The number of hydrogen-bond donors (Lipinski definition) is 3. The minimum atomic E-state index is 0.673. The van der Waals surface area contributed by atoms with Gasteiger partial charge in [-0.3, -0.25) is 5.10 Å². The molecule has 0 amide bonds. The lowest BCUT2D eigenvalue weighted by atomic mass is 10.1. The third kappa shape index (κ3) is 2.76. The van der Waals surface area contributed by atoms with Crippen LogP contribution in [0, 0.1) is 0 Å². The van der Waals surface area contributed by atoms with Gasteiger partial charge in [-0.05, 0) is 48.2 Å². The van der Waals surface area contributed by atoms with Crippen LogP contribution in [0.2, 0.25) is 0 Å². The summed E-state index contributed by atoms with van der Waals surface area (Å²) in [5.41, 5.74) is 7.35. The van der Waals surface area contributed by atoms with Crippen molar-refractivity contribution < 1.29 is 0 Å². The molecule has 0 saturated carbocycles. The molecule has 0 radical (unpaired) electrons. The molecule has 29 heavy (non-hydrogen) atoms. The van der Waals surface area contributed by atoms with Gasteiger partial charge in [0.1, 0.15) is 11.0 Å². The monoisotopic (exact) mass is 399 g/mol. The smallest absolute Gasteiger partial charge is 0.162 e. The Labute approximate surface area is 169 Å². The van der Waals surface area contributed by atoms with Crippen LogP contribution in [-0.2, 0) is 0 Å². The molecular formula is C21H17N7S. The van der Waals surface area contributed by atoms with E-state index in [9.17, 15) is 0 Å². The van der Waals surface area contributed by atoms with E-state index in [2.05, 4.69) is 49.1 Å². The first-order chi connectivity index (χ1) is 14.4. The van der Waals surface area contributed by atoms with Gasteiger partial charge in [-0.15, -0.1) is 11.3 Å². The van der Waals surface area contributed by atoms with Gasteiger partial charge >= 0.3 is 0 Å². The molecule has 0 aromatic carbocycles. The average Bonchev–Trinajstić information content (AvgIpc) is 3.52. The summed E-state index contributed by atoms with van der Waals surface area (Å²) in [5.74, 6) is 0.673. The Bertz CT molecular complexity index is 1360. The molecule has 3 N–H and O–H groups in total. The van der Waals surface area contributed by atoms with Gasteiger partial charge in [-0.25, -0.2) is 15.0 Å². The van der Waals surface area contributed by atoms with Crippen molar-refractivity contribution in [3.63, 3.8) is 0 Å². The fourth-order valence-corrected chi connectivity index (χ4v) is 4.50. The summed E-state index contributed by atoms with van der Waals surface area (Å²) in [5, 5.41) is 13.0. The number of aromatic amines is 2. The zero-order valence-electron chi connectivity index (χ0n) is 15.4. The van der Waals surface area contributed by atoms with Crippen LogP contribution in [0.5, 0.6) is 0 Å². The fourth-order valence-electron chi connectivity index (χ4n) is 3.75. The van der Waals surface area contributed by atoms with Crippen LogP contribution in [0.1, 0.15) is 12.1 Å². The quantitative estimate of drug-likeness (QED) is 0.426. The summed E-state index contributed by atoms with van der Waals surface area (Å²) < 4.78 is 0.